The van der Waals surface area contributed by atoms with Crippen LogP contribution in [-0.4, -0.2) is 29.8 Å². The largest absolute Gasteiger partial charge is 0.407 e. The first kappa shape index (κ1) is 13.3. The summed E-state index contributed by atoms with van der Waals surface area (Å²) in [7, 11) is 0. The van der Waals surface area contributed by atoms with Gasteiger partial charge >= 0.3 is 6.01 Å². The molecule has 0 amide bonds. The van der Waals surface area contributed by atoms with E-state index in [2.05, 4.69) is 48.1 Å². The highest BCUT2D eigenvalue weighted by Gasteiger charge is 2.33. The van der Waals surface area contributed by atoms with Gasteiger partial charge in [-0.15, -0.1) is 5.10 Å². The number of hydrogen-bond donors (Lipinski definition) is 1. The second-order valence-electron chi connectivity index (χ2n) is 6.06. The molecule has 0 saturated carbocycles. The number of rotatable bonds is 4. The normalized spacial score (nSPS) is 20.7. The third-order valence-electron chi connectivity index (χ3n) is 3.67. The summed E-state index contributed by atoms with van der Waals surface area (Å²) in [5.41, 5.74) is 0.349. The van der Waals surface area contributed by atoms with Crippen LogP contribution in [0.5, 0.6) is 0 Å². The standard InChI is InChI=1S/C13H24N4O/c1-5-14-8-11-15-16-12(18-11)17-7-6-10(9-17)13(2,3)4/h10,14H,5-9H2,1-4H3. The zero-order chi connectivity index (χ0) is 13.2. The Bertz CT molecular complexity index is 383. The van der Waals surface area contributed by atoms with E-state index in [1.807, 2.05) is 0 Å². The smallest absolute Gasteiger partial charge is 0.318 e. The summed E-state index contributed by atoms with van der Waals surface area (Å²) in [5, 5.41) is 11.4. The molecule has 0 radical (unpaired) electrons. The summed E-state index contributed by atoms with van der Waals surface area (Å²) in [4.78, 5) is 2.21. The molecule has 2 rings (SSSR count). The molecule has 1 unspecified atom stereocenters. The molecule has 1 atom stereocenters. The van der Waals surface area contributed by atoms with E-state index in [9.17, 15) is 0 Å². The lowest BCUT2D eigenvalue weighted by molar-refractivity contribution is 0.263. The van der Waals surface area contributed by atoms with Crippen LogP contribution in [0.15, 0.2) is 4.42 Å². The zero-order valence-corrected chi connectivity index (χ0v) is 11.9. The van der Waals surface area contributed by atoms with Gasteiger partial charge in [0.25, 0.3) is 0 Å². The molecule has 0 aromatic carbocycles. The number of aromatic nitrogens is 2. The lowest BCUT2D eigenvalue weighted by Gasteiger charge is -2.26. The van der Waals surface area contributed by atoms with E-state index in [0.717, 1.165) is 19.6 Å². The van der Waals surface area contributed by atoms with Crippen LogP contribution in [0, 0.1) is 11.3 Å². The predicted molar refractivity (Wildman–Crippen MR) is 71.5 cm³/mol. The lowest BCUT2D eigenvalue weighted by atomic mass is 9.80. The van der Waals surface area contributed by atoms with Crippen LogP contribution in [0.1, 0.15) is 40.0 Å². The Morgan fingerprint density at radius 1 is 1.39 bits per heavy atom. The van der Waals surface area contributed by atoms with E-state index in [0.29, 0.717) is 29.8 Å². The van der Waals surface area contributed by atoms with Crippen molar-refractivity contribution in [2.24, 2.45) is 11.3 Å². The number of hydrogen-bond acceptors (Lipinski definition) is 5. The van der Waals surface area contributed by atoms with Crippen LogP contribution in [0.25, 0.3) is 0 Å². The SMILES string of the molecule is CCNCc1nnc(N2CCC(C(C)(C)C)C2)o1. The first-order chi connectivity index (χ1) is 8.50. The van der Waals surface area contributed by atoms with Crippen LogP contribution in [0.2, 0.25) is 0 Å². The van der Waals surface area contributed by atoms with Crippen LogP contribution >= 0.6 is 0 Å². The molecule has 1 fully saturated rings. The Kier molecular flexibility index (Phi) is 3.90. The fraction of sp³-hybridized carbons (Fsp3) is 0.846. The van der Waals surface area contributed by atoms with Crippen molar-refractivity contribution in [2.45, 2.75) is 40.7 Å². The summed E-state index contributed by atoms with van der Waals surface area (Å²) >= 11 is 0. The maximum absolute atomic E-state index is 5.67. The Morgan fingerprint density at radius 3 is 2.78 bits per heavy atom. The van der Waals surface area contributed by atoms with E-state index in [-0.39, 0.29) is 0 Å². The molecule has 1 aliphatic heterocycles. The maximum atomic E-state index is 5.67. The van der Waals surface area contributed by atoms with Crippen LogP contribution in [0.3, 0.4) is 0 Å². The van der Waals surface area contributed by atoms with Crippen LogP contribution < -0.4 is 10.2 Å². The molecule has 1 aromatic heterocycles. The van der Waals surface area contributed by atoms with Gasteiger partial charge in [-0.25, -0.2) is 0 Å². The predicted octanol–water partition coefficient (Wildman–Crippen LogP) is 2.05. The fourth-order valence-corrected chi connectivity index (χ4v) is 2.32. The molecular formula is C13H24N4O. The van der Waals surface area contributed by atoms with Crippen molar-refractivity contribution in [2.75, 3.05) is 24.5 Å². The summed E-state index contributed by atoms with van der Waals surface area (Å²) in [6, 6.07) is 0.676. The third kappa shape index (κ3) is 3.02. The molecule has 1 saturated heterocycles. The van der Waals surface area contributed by atoms with Crippen molar-refractivity contribution in [3.63, 3.8) is 0 Å². The van der Waals surface area contributed by atoms with E-state index in [1.165, 1.54) is 6.42 Å². The van der Waals surface area contributed by atoms with Gasteiger partial charge in [0.1, 0.15) is 0 Å². The van der Waals surface area contributed by atoms with Crippen molar-refractivity contribution in [1.82, 2.24) is 15.5 Å². The van der Waals surface area contributed by atoms with Gasteiger partial charge in [-0.1, -0.05) is 32.8 Å². The first-order valence-corrected chi connectivity index (χ1v) is 6.78. The Balaban J connectivity index is 1.95. The Labute approximate surface area is 109 Å². The number of anilines is 1. The van der Waals surface area contributed by atoms with Crippen molar-refractivity contribution in [1.29, 1.82) is 0 Å². The number of nitrogens with zero attached hydrogens (tertiary/aromatic N) is 3. The molecule has 1 aliphatic rings. The molecule has 5 nitrogen and oxygen atoms in total. The molecule has 18 heavy (non-hydrogen) atoms. The molecule has 1 aromatic rings. The highest BCUT2D eigenvalue weighted by Crippen LogP contribution is 2.35. The van der Waals surface area contributed by atoms with Gasteiger partial charge in [0.05, 0.1) is 6.54 Å². The van der Waals surface area contributed by atoms with Crippen LogP contribution in [-0.2, 0) is 6.54 Å². The van der Waals surface area contributed by atoms with E-state index in [1.54, 1.807) is 0 Å². The minimum atomic E-state index is 0.349. The molecule has 1 N–H and O–H groups in total. The van der Waals surface area contributed by atoms with Gasteiger partial charge in [-0.3, -0.25) is 0 Å². The van der Waals surface area contributed by atoms with Gasteiger partial charge in [0.2, 0.25) is 5.89 Å². The molecular weight excluding hydrogens is 228 g/mol. The molecule has 102 valence electrons. The lowest BCUT2D eigenvalue weighted by Crippen LogP contribution is -2.25. The molecule has 0 bridgehead atoms. The Morgan fingerprint density at radius 2 is 2.17 bits per heavy atom. The summed E-state index contributed by atoms with van der Waals surface area (Å²) in [5.74, 6) is 1.37. The maximum Gasteiger partial charge on any atom is 0.318 e. The second kappa shape index (κ2) is 5.26. The van der Waals surface area contributed by atoms with Crippen molar-refractivity contribution >= 4 is 6.01 Å². The highest BCUT2D eigenvalue weighted by molar-refractivity contribution is 5.26. The minimum Gasteiger partial charge on any atom is -0.407 e. The van der Waals surface area contributed by atoms with Gasteiger partial charge in [0.15, 0.2) is 0 Å². The second-order valence-corrected chi connectivity index (χ2v) is 6.06. The molecule has 0 spiro atoms. The first-order valence-electron chi connectivity index (χ1n) is 6.78. The fourth-order valence-electron chi connectivity index (χ4n) is 2.32. The molecule has 0 aliphatic carbocycles. The average molecular weight is 252 g/mol. The summed E-state index contributed by atoms with van der Waals surface area (Å²) in [6.07, 6.45) is 1.20. The van der Waals surface area contributed by atoms with E-state index >= 15 is 0 Å². The zero-order valence-electron chi connectivity index (χ0n) is 11.9. The van der Waals surface area contributed by atoms with E-state index < -0.39 is 0 Å². The van der Waals surface area contributed by atoms with Crippen LogP contribution in [0.4, 0.5) is 6.01 Å². The highest BCUT2D eigenvalue weighted by atomic mass is 16.4. The monoisotopic (exact) mass is 252 g/mol. The summed E-state index contributed by atoms with van der Waals surface area (Å²) in [6.45, 7) is 12.6. The quantitative estimate of drug-likeness (QED) is 0.889. The number of nitrogens with one attached hydrogen (secondary N) is 1. The van der Waals surface area contributed by atoms with Gasteiger partial charge in [-0.05, 0) is 24.3 Å². The average Bonchev–Trinajstić information content (AvgIpc) is 2.93. The minimum absolute atomic E-state index is 0.349. The topological polar surface area (TPSA) is 54.2 Å². The summed E-state index contributed by atoms with van der Waals surface area (Å²) < 4.78 is 5.67. The molecule has 5 heteroatoms. The van der Waals surface area contributed by atoms with E-state index in [4.69, 9.17) is 4.42 Å². The Hall–Kier alpha value is -1.10. The van der Waals surface area contributed by atoms with Gasteiger partial charge in [-0.2, -0.15) is 0 Å². The van der Waals surface area contributed by atoms with Crippen molar-refractivity contribution in [3.05, 3.63) is 5.89 Å². The van der Waals surface area contributed by atoms with Crippen molar-refractivity contribution < 1.29 is 4.42 Å². The van der Waals surface area contributed by atoms with Gasteiger partial charge in [0, 0.05) is 13.1 Å². The third-order valence-corrected chi connectivity index (χ3v) is 3.67. The van der Waals surface area contributed by atoms with Crippen molar-refractivity contribution in [3.8, 4) is 0 Å². The van der Waals surface area contributed by atoms with Gasteiger partial charge < -0.3 is 14.6 Å². The molecule has 2 heterocycles.